The minimum Gasteiger partial charge on any atom is -0.476 e. The first-order chi connectivity index (χ1) is 13.8. The molecule has 2 heterocycles. The third-order valence-electron chi connectivity index (χ3n) is 7.81. The summed E-state index contributed by atoms with van der Waals surface area (Å²) >= 11 is 0. The van der Waals surface area contributed by atoms with E-state index in [1.54, 1.807) is 0 Å². The van der Waals surface area contributed by atoms with E-state index in [9.17, 15) is 9.90 Å². The zero-order valence-corrected chi connectivity index (χ0v) is 17.7. The van der Waals surface area contributed by atoms with Crippen molar-refractivity contribution in [3.05, 3.63) is 34.4 Å². The first-order valence-electron chi connectivity index (χ1n) is 11.1. The monoisotopic (exact) mass is 393 g/mol. The average molecular weight is 394 g/mol. The summed E-state index contributed by atoms with van der Waals surface area (Å²) in [6.45, 7) is 5.98. The number of carboxylic acid groups (broad SMARTS) is 1. The summed E-state index contributed by atoms with van der Waals surface area (Å²) in [6, 6.07) is 2.03. The molecular weight excluding hydrogens is 362 g/mol. The van der Waals surface area contributed by atoms with Crippen molar-refractivity contribution in [2.24, 2.45) is 23.2 Å². The molecule has 2 N–H and O–H groups in total. The summed E-state index contributed by atoms with van der Waals surface area (Å²) in [5, 5.41) is 9.77. The fraction of sp³-hybridized carbons (Fsp3) is 0.625. The van der Waals surface area contributed by atoms with Crippen molar-refractivity contribution in [2.75, 3.05) is 0 Å². The van der Waals surface area contributed by atoms with Gasteiger partial charge in [-0.1, -0.05) is 0 Å². The molecule has 0 atom stereocenters. The van der Waals surface area contributed by atoms with E-state index >= 15 is 0 Å². The highest BCUT2D eigenvalue weighted by molar-refractivity contribution is 5.88. The predicted molar refractivity (Wildman–Crippen MR) is 112 cm³/mol. The SMILES string of the molecule is Cc1cc(C)c(-c2nc(C(=O)O)c(CCC34CC5CC(CC(C5)C3)C4)[nH]2)c(C)n1. The van der Waals surface area contributed by atoms with E-state index < -0.39 is 5.97 Å². The first kappa shape index (κ1) is 18.8. The highest BCUT2D eigenvalue weighted by atomic mass is 16.4. The van der Waals surface area contributed by atoms with Crippen LogP contribution >= 0.6 is 0 Å². The Morgan fingerprint density at radius 1 is 1.10 bits per heavy atom. The Labute approximate surface area is 172 Å². The molecule has 2 aromatic heterocycles. The molecule has 5 nitrogen and oxygen atoms in total. The number of hydrogen-bond acceptors (Lipinski definition) is 3. The molecule has 4 aliphatic rings. The van der Waals surface area contributed by atoms with E-state index in [2.05, 4.69) is 15.0 Å². The molecule has 4 fully saturated rings. The Balaban J connectivity index is 1.43. The average Bonchev–Trinajstić information content (AvgIpc) is 3.02. The molecule has 0 aliphatic heterocycles. The molecule has 0 saturated heterocycles. The maximum absolute atomic E-state index is 11.9. The Morgan fingerprint density at radius 3 is 2.28 bits per heavy atom. The van der Waals surface area contributed by atoms with Gasteiger partial charge in [0.2, 0.25) is 0 Å². The number of nitrogens with one attached hydrogen (secondary N) is 1. The standard InChI is InChI=1S/C24H31N3O2/c1-13-6-14(2)25-15(3)20(13)22-26-19(21(27-22)23(28)29)4-5-24-10-16-7-17(11-24)9-18(8-16)12-24/h6,16-18H,4-5,7-12H2,1-3H3,(H,26,27)(H,28,29). The lowest BCUT2D eigenvalue weighted by atomic mass is 9.48. The lowest BCUT2D eigenvalue weighted by molar-refractivity contribution is -0.0571. The van der Waals surface area contributed by atoms with Crippen LogP contribution in [0.15, 0.2) is 6.07 Å². The van der Waals surface area contributed by atoms with Crippen molar-refractivity contribution < 1.29 is 9.90 Å². The van der Waals surface area contributed by atoms with Crippen LogP contribution in [0.1, 0.15) is 78.1 Å². The summed E-state index contributed by atoms with van der Waals surface area (Å²) in [4.78, 5) is 24.4. The molecule has 154 valence electrons. The maximum Gasteiger partial charge on any atom is 0.356 e. The maximum atomic E-state index is 11.9. The van der Waals surface area contributed by atoms with Crippen molar-refractivity contribution >= 4 is 5.97 Å². The van der Waals surface area contributed by atoms with Crippen LogP contribution in [0.2, 0.25) is 0 Å². The van der Waals surface area contributed by atoms with Gasteiger partial charge in [0.05, 0.1) is 0 Å². The molecule has 4 bridgehead atoms. The lowest BCUT2D eigenvalue weighted by Crippen LogP contribution is -2.46. The number of carboxylic acids is 1. The van der Waals surface area contributed by atoms with Crippen LogP contribution in [0, 0.1) is 43.9 Å². The van der Waals surface area contributed by atoms with Gasteiger partial charge in [-0.3, -0.25) is 4.98 Å². The molecule has 0 radical (unpaired) electrons. The first-order valence-corrected chi connectivity index (χ1v) is 11.1. The van der Waals surface area contributed by atoms with Crippen LogP contribution in [0.5, 0.6) is 0 Å². The van der Waals surface area contributed by atoms with Crippen molar-refractivity contribution in [3.63, 3.8) is 0 Å². The van der Waals surface area contributed by atoms with Crippen LogP contribution in [-0.2, 0) is 6.42 Å². The Kier molecular flexibility index (Phi) is 4.34. The lowest BCUT2D eigenvalue weighted by Gasteiger charge is -2.57. The Morgan fingerprint density at radius 2 is 1.72 bits per heavy atom. The molecule has 0 spiro atoms. The molecule has 0 amide bonds. The largest absolute Gasteiger partial charge is 0.476 e. The predicted octanol–water partition coefficient (Wildman–Crippen LogP) is 5.24. The van der Waals surface area contributed by atoms with E-state index in [1.807, 2.05) is 26.8 Å². The van der Waals surface area contributed by atoms with Crippen molar-refractivity contribution in [1.82, 2.24) is 15.0 Å². The van der Waals surface area contributed by atoms with Crippen LogP contribution in [0.4, 0.5) is 0 Å². The number of aromatic amines is 1. The third kappa shape index (κ3) is 3.28. The van der Waals surface area contributed by atoms with Gasteiger partial charge in [0.25, 0.3) is 0 Å². The Bertz CT molecular complexity index is 916. The normalized spacial score (nSPS) is 30.1. The second kappa shape index (κ2) is 6.68. The van der Waals surface area contributed by atoms with Crippen molar-refractivity contribution in [3.8, 4) is 11.4 Å². The molecule has 5 heteroatoms. The molecule has 0 unspecified atom stereocenters. The second-order valence-electron chi connectivity index (χ2n) is 10.2. The van der Waals surface area contributed by atoms with Crippen LogP contribution in [0.25, 0.3) is 11.4 Å². The molecule has 2 aromatic rings. The molecule has 4 aliphatic carbocycles. The third-order valence-corrected chi connectivity index (χ3v) is 7.81. The number of carbonyl (C=O) groups is 1. The van der Waals surface area contributed by atoms with Gasteiger partial charge in [0.1, 0.15) is 5.82 Å². The van der Waals surface area contributed by atoms with E-state index in [1.165, 1.54) is 38.5 Å². The van der Waals surface area contributed by atoms with Crippen molar-refractivity contribution in [1.29, 1.82) is 0 Å². The van der Waals surface area contributed by atoms with E-state index in [-0.39, 0.29) is 5.69 Å². The number of rotatable bonds is 5. The molecule has 4 saturated carbocycles. The number of aryl methyl sites for hydroxylation is 4. The summed E-state index contributed by atoms with van der Waals surface area (Å²) < 4.78 is 0. The van der Waals surface area contributed by atoms with Gasteiger partial charge in [-0.05, 0) is 107 Å². The summed E-state index contributed by atoms with van der Waals surface area (Å²) in [5.41, 5.74) is 5.27. The number of nitrogens with zero attached hydrogens (tertiary/aromatic N) is 2. The van der Waals surface area contributed by atoms with Crippen molar-refractivity contribution in [2.45, 2.75) is 72.1 Å². The molecule has 6 rings (SSSR count). The zero-order valence-electron chi connectivity index (χ0n) is 17.7. The minimum absolute atomic E-state index is 0.184. The highest BCUT2D eigenvalue weighted by Crippen LogP contribution is 2.61. The quantitative estimate of drug-likeness (QED) is 0.728. The second-order valence-corrected chi connectivity index (χ2v) is 10.2. The van der Waals surface area contributed by atoms with Gasteiger partial charge in [0, 0.05) is 22.6 Å². The summed E-state index contributed by atoms with van der Waals surface area (Å²) in [5.74, 6) is 2.46. The minimum atomic E-state index is -0.941. The summed E-state index contributed by atoms with van der Waals surface area (Å²) in [6.07, 6.45) is 10.2. The smallest absolute Gasteiger partial charge is 0.356 e. The van der Waals surface area contributed by atoms with Crippen LogP contribution in [-0.4, -0.2) is 26.0 Å². The number of pyridine rings is 1. The topological polar surface area (TPSA) is 78.9 Å². The van der Waals surface area contributed by atoms with E-state index in [4.69, 9.17) is 0 Å². The molecule has 29 heavy (non-hydrogen) atoms. The number of H-pyrrole nitrogens is 1. The van der Waals surface area contributed by atoms with Gasteiger partial charge >= 0.3 is 5.97 Å². The van der Waals surface area contributed by atoms with Crippen LogP contribution < -0.4 is 0 Å². The fourth-order valence-corrected chi connectivity index (χ4v) is 7.25. The molecular formula is C24H31N3O2. The van der Waals surface area contributed by atoms with Gasteiger partial charge in [-0.25, -0.2) is 9.78 Å². The van der Waals surface area contributed by atoms with E-state index in [0.29, 0.717) is 11.2 Å². The van der Waals surface area contributed by atoms with Gasteiger partial charge < -0.3 is 10.1 Å². The van der Waals surface area contributed by atoms with Gasteiger partial charge in [0.15, 0.2) is 5.69 Å². The molecule has 0 aromatic carbocycles. The number of aromatic nitrogens is 3. The zero-order chi connectivity index (χ0) is 20.3. The number of imidazole rings is 1. The fourth-order valence-electron chi connectivity index (χ4n) is 7.25. The van der Waals surface area contributed by atoms with Gasteiger partial charge in [-0.15, -0.1) is 0 Å². The summed E-state index contributed by atoms with van der Waals surface area (Å²) in [7, 11) is 0. The van der Waals surface area contributed by atoms with Gasteiger partial charge in [-0.2, -0.15) is 0 Å². The number of aromatic carboxylic acids is 1. The highest BCUT2D eigenvalue weighted by Gasteiger charge is 2.50. The number of hydrogen-bond donors (Lipinski definition) is 2. The Hall–Kier alpha value is -2.17. The van der Waals surface area contributed by atoms with E-state index in [0.717, 1.165) is 58.8 Å². The van der Waals surface area contributed by atoms with Crippen LogP contribution in [0.3, 0.4) is 0 Å².